The molecule has 1 saturated carbocycles. The number of ether oxygens (including phenoxy) is 1. The third-order valence-corrected chi connectivity index (χ3v) is 10.3. The van der Waals surface area contributed by atoms with Crippen molar-refractivity contribution in [1.82, 2.24) is 29.5 Å². The highest BCUT2D eigenvalue weighted by atomic mass is 19.1. The SMILES string of the molecule is C=C1c2cc(F)cnc2N(c2cccc(-c3ccc(OCCN4CCCC4)cc3)c2)C(=O)N1[C@H]1CC[C@@H](NC(=O)c2cn3cc(F)ccc3n2)CC1. The zero-order valence-electron chi connectivity index (χ0n) is 28.7. The Kier molecular flexibility index (Phi) is 9.14. The summed E-state index contributed by atoms with van der Waals surface area (Å²) in [5, 5.41) is 3.05. The maximum Gasteiger partial charge on any atom is 0.335 e. The number of anilines is 2. The van der Waals surface area contributed by atoms with Crippen LogP contribution in [-0.4, -0.2) is 74.4 Å². The Morgan fingerprint density at radius 2 is 1.71 bits per heavy atom. The molecule has 12 heteroatoms. The average Bonchev–Trinajstić information content (AvgIpc) is 3.83. The van der Waals surface area contributed by atoms with E-state index in [-0.39, 0.29) is 29.7 Å². The van der Waals surface area contributed by atoms with Crippen LogP contribution < -0.4 is 15.0 Å². The van der Waals surface area contributed by atoms with Crippen molar-refractivity contribution >= 4 is 34.8 Å². The van der Waals surface area contributed by atoms with Crippen LogP contribution in [0.2, 0.25) is 0 Å². The smallest absolute Gasteiger partial charge is 0.335 e. The number of carbonyl (C=O) groups is 2. The number of amides is 3. The number of nitrogens with one attached hydrogen (secondary N) is 1. The largest absolute Gasteiger partial charge is 0.492 e. The number of likely N-dealkylation sites (tertiary alicyclic amines) is 1. The number of hydrogen-bond acceptors (Lipinski definition) is 6. The molecule has 0 unspecified atom stereocenters. The van der Waals surface area contributed by atoms with Crippen molar-refractivity contribution in [1.29, 1.82) is 0 Å². The molecule has 266 valence electrons. The molecule has 1 aliphatic carbocycles. The summed E-state index contributed by atoms with van der Waals surface area (Å²) in [6.07, 6.45) is 8.79. The average molecular weight is 704 g/mol. The van der Waals surface area contributed by atoms with Gasteiger partial charge in [-0.3, -0.25) is 14.6 Å². The van der Waals surface area contributed by atoms with E-state index < -0.39 is 11.6 Å². The molecule has 2 aromatic carbocycles. The van der Waals surface area contributed by atoms with Crippen LogP contribution in [-0.2, 0) is 0 Å². The molecule has 3 aromatic heterocycles. The highest BCUT2D eigenvalue weighted by Crippen LogP contribution is 2.42. The van der Waals surface area contributed by atoms with Crippen LogP contribution in [0, 0.1) is 11.6 Å². The molecule has 2 fully saturated rings. The zero-order valence-corrected chi connectivity index (χ0v) is 28.7. The Morgan fingerprint density at radius 3 is 2.50 bits per heavy atom. The highest BCUT2D eigenvalue weighted by Gasteiger charge is 2.41. The topological polar surface area (TPSA) is 95.3 Å². The first-order chi connectivity index (χ1) is 25.3. The van der Waals surface area contributed by atoms with Gasteiger partial charge in [0.2, 0.25) is 0 Å². The van der Waals surface area contributed by atoms with E-state index in [9.17, 15) is 18.4 Å². The fourth-order valence-electron chi connectivity index (χ4n) is 7.55. The summed E-state index contributed by atoms with van der Waals surface area (Å²) < 4.78 is 35.8. The number of rotatable bonds is 9. The van der Waals surface area contributed by atoms with Crippen molar-refractivity contribution in [2.24, 2.45) is 0 Å². The predicted octanol–water partition coefficient (Wildman–Crippen LogP) is 7.43. The fourth-order valence-corrected chi connectivity index (χ4v) is 7.55. The van der Waals surface area contributed by atoms with Gasteiger partial charge in [0, 0.05) is 42.3 Å². The Balaban J connectivity index is 0.975. The van der Waals surface area contributed by atoms with Crippen LogP contribution in [0.25, 0.3) is 22.5 Å². The number of imidazole rings is 1. The molecule has 5 aromatic rings. The number of fused-ring (bicyclic) bond motifs is 2. The quantitative estimate of drug-likeness (QED) is 0.172. The molecule has 0 spiro atoms. The molecule has 2 aliphatic heterocycles. The van der Waals surface area contributed by atoms with Gasteiger partial charge in [-0.15, -0.1) is 0 Å². The minimum atomic E-state index is -0.522. The van der Waals surface area contributed by atoms with Gasteiger partial charge in [-0.25, -0.2) is 28.4 Å². The first-order valence-electron chi connectivity index (χ1n) is 17.8. The molecule has 5 heterocycles. The molecule has 1 saturated heterocycles. The summed E-state index contributed by atoms with van der Waals surface area (Å²) in [4.78, 5) is 41.8. The van der Waals surface area contributed by atoms with Crippen molar-refractivity contribution in [2.45, 2.75) is 50.6 Å². The molecule has 1 N–H and O–H groups in total. The number of hydrogen-bond donors (Lipinski definition) is 1. The summed E-state index contributed by atoms with van der Waals surface area (Å²) in [5.74, 6) is -0.157. The van der Waals surface area contributed by atoms with Gasteiger partial charge in [-0.05, 0) is 105 Å². The summed E-state index contributed by atoms with van der Waals surface area (Å²) in [6, 6.07) is 19.1. The number of halogens is 2. The Morgan fingerprint density at radius 1 is 0.923 bits per heavy atom. The molecule has 8 rings (SSSR count). The lowest BCUT2D eigenvalue weighted by atomic mass is 9.89. The van der Waals surface area contributed by atoms with Crippen molar-refractivity contribution in [2.75, 3.05) is 31.1 Å². The minimum Gasteiger partial charge on any atom is -0.492 e. The summed E-state index contributed by atoms with van der Waals surface area (Å²) in [7, 11) is 0. The van der Waals surface area contributed by atoms with E-state index in [1.165, 1.54) is 52.7 Å². The molecule has 0 radical (unpaired) electrons. The van der Waals surface area contributed by atoms with Gasteiger partial charge >= 0.3 is 6.03 Å². The lowest BCUT2D eigenvalue weighted by Crippen LogP contribution is -2.51. The van der Waals surface area contributed by atoms with Crippen molar-refractivity contribution < 1.29 is 23.1 Å². The van der Waals surface area contributed by atoms with E-state index in [1.807, 2.05) is 48.5 Å². The standard InChI is InChI=1S/C40H39F2N7O3/c1-26-35-22-30(42)23-43-38(35)49(33-6-4-5-28(21-33)27-7-14-34(15-8-27)52-20-19-46-17-2-3-18-46)40(51)48(26)32-12-10-31(11-13-32)44-39(50)36-25-47-24-29(41)9-16-37(47)45-36/h4-9,14-16,21-25,31-32H,1-3,10-13,17-20H2,(H,44,50)/t31-,32+. The van der Waals surface area contributed by atoms with Gasteiger partial charge in [0.1, 0.15) is 35.3 Å². The third-order valence-electron chi connectivity index (χ3n) is 10.3. The van der Waals surface area contributed by atoms with E-state index in [0.717, 1.165) is 42.7 Å². The first-order valence-corrected chi connectivity index (χ1v) is 17.8. The molecular weight excluding hydrogens is 664 g/mol. The van der Waals surface area contributed by atoms with E-state index >= 15 is 0 Å². The summed E-state index contributed by atoms with van der Waals surface area (Å²) in [5.41, 5.74) is 3.98. The normalized spacial score (nSPS) is 19.3. The second kappa shape index (κ2) is 14.2. The first kappa shape index (κ1) is 33.5. The second-order valence-corrected chi connectivity index (χ2v) is 13.6. The number of pyridine rings is 2. The monoisotopic (exact) mass is 703 g/mol. The van der Waals surface area contributed by atoms with Gasteiger partial charge < -0.3 is 14.5 Å². The Labute approximate surface area is 300 Å². The number of carbonyl (C=O) groups excluding carboxylic acids is 2. The maximum atomic E-state index is 14.6. The summed E-state index contributed by atoms with van der Waals surface area (Å²) >= 11 is 0. The van der Waals surface area contributed by atoms with Crippen LogP contribution in [0.15, 0.2) is 91.9 Å². The Bertz CT molecular complexity index is 2140. The third kappa shape index (κ3) is 6.73. The van der Waals surface area contributed by atoms with Gasteiger partial charge in [0.05, 0.1) is 11.9 Å². The summed E-state index contributed by atoms with van der Waals surface area (Å²) in [6.45, 7) is 8.07. The predicted molar refractivity (Wildman–Crippen MR) is 194 cm³/mol. The highest BCUT2D eigenvalue weighted by molar-refractivity contribution is 6.08. The number of nitrogens with zero attached hydrogens (tertiary/aromatic N) is 6. The van der Waals surface area contributed by atoms with Gasteiger partial charge in [0.25, 0.3) is 5.91 Å². The zero-order chi connectivity index (χ0) is 35.8. The van der Waals surface area contributed by atoms with E-state index in [0.29, 0.717) is 60.7 Å². The van der Waals surface area contributed by atoms with Crippen molar-refractivity contribution in [3.63, 3.8) is 0 Å². The van der Waals surface area contributed by atoms with E-state index in [1.54, 1.807) is 4.90 Å². The van der Waals surface area contributed by atoms with Crippen molar-refractivity contribution in [3.05, 3.63) is 115 Å². The molecule has 0 bridgehead atoms. The minimum absolute atomic E-state index is 0.139. The lowest BCUT2D eigenvalue weighted by Gasteiger charge is -2.43. The van der Waals surface area contributed by atoms with Gasteiger partial charge in [-0.2, -0.15) is 0 Å². The van der Waals surface area contributed by atoms with Crippen LogP contribution in [0.4, 0.5) is 25.1 Å². The number of aromatic nitrogens is 3. The number of urea groups is 1. The fraction of sp³-hybridized carbons (Fsp3) is 0.300. The van der Waals surface area contributed by atoms with Gasteiger partial charge in [-0.1, -0.05) is 30.8 Å². The van der Waals surface area contributed by atoms with Crippen LogP contribution in [0.3, 0.4) is 0 Å². The molecule has 0 atom stereocenters. The van der Waals surface area contributed by atoms with Crippen molar-refractivity contribution in [3.8, 4) is 16.9 Å². The Hall–Kier alpha value is -5.62. The van der Waals surface area contributed by atoms with Crippen LogP contribution in [0.5, 0.6) is 5.75 Å². The van der Waals surface area contributed by atoms with Gasteiger partial charge in [0.15, 0.2) is 5.82 Å². The van der Waals surface area contributed by atoms with Crippen LogP contribution >= 0.6 is 0 Å². The molecule has 3 aliphatic rings. The number of benzene rings is 2. The molecule has 3 amide bonds. The molecular formula is C40H39F2N7O3. The maximum absolute atomic E-state index is 14.6. The van der Waals surface area contributed by atoms with E-state index in [2.05, 4.69) is 26.8 Å². The molecule has 52 heavy (non-hydrogen) atoms. The second-order valence-electron chi connectivity index (χ2n) is 13.6. The van der Waals surface area contributed by atoms with E-state index in [4.69, 9.17) is 4.74 Å². The van der Waals surface area contributed by atoms with Crippen LogP contribution in [0.1, 0.15) is 54.6 Å². The lowest BCUT2D eigenvalue weighted by molar-refractivity contribution is 0.0914. The molecule has 10 nitrogen and oxygen atoms in total.